The van der Waals surface area contributed by atoms with Crippen LogP contribution < -0.4 is 5.32 Å². The molecule has 0 saturated heterocycles. The molecule has 0 aliphatic rings. The molecule has 1 N–H and O–H groups in total. The number of benzene rings is 1. The van der Waals surface area contributed by atoms with Crippen LogP contribution in [0.1, 0.15) is 32.8 Å². The number of aryl methyl sites for hydroxylation is 1. The van der Waals surface area contributed by atoms with Crippen LogP contribution in [0, 0.1) is 5.82 Å². The molecular formula is C14H19BrFNO2. The van der Waals surface area contributed by atoms with E-state index in [1.54, 1.807) is 6.07 Å². The molecule has 0 aromatic heterocycles. The van der Waals surface area contributed by atoms with Crippen LogP contribution in [0.2, 0.25) is 0 Å². The number of rotatable bonds is 4. The second-order valence-electron chi connectivity index (χ2n) is 5.27. The van der Waals surface area contributed by atoms with E-state index in [-0.39, 0.29) is 5.82 Å². The van der Waals surface area contributed by atoms with Crippen LogP contribution in [0.5, 0.6) is 0 Å². The summed E-state index contributed by atoms with van der Waals surface area (Å²) in [6.45, 7) is 5.95. The number of hydrogen-bond donors (Lipinski definition) is 1. The first-order chi connectivity index (χ1) is 8.78. The lowest BCUT2D eigenvalue weighted by atomic mass is 10.1. The van der Waals surface area contributed by atoms with Crippen LogP contribution in [-0.4, -0.2) is 18.2 Å². The van der Waals surface area contributed by atoms with Gasteiger partial charge >= 0.3 is 6.09 Å². The maximum atomic E-state index is 13.1. The Labute approximate surface area is 121 Å². The van der Waals surface area contributed by atoms with E-state index in [9.17, 15) is 9.18 Å². The molecular weight excluding hydrogens is 313 g/mol. The van der Waals surface area contributed by atoms with Crippen LogP contribution in [0.15, 0.2) is 22.7 Å². The maximum absolute atomic E-state index is 13.1. The van der Waals surface area contributed by atoms with Gasteiger partial charge in [0.05, 0.1) is 0 Å². The minimum absolute atomic E-state index is 0.252. The van der Waals surface area contributed by atoms with Gasteiger partial charge in [-0.1, -0.05) is 15.9 Å². The van der Waals surface area contributed by atoms with E-state index in [1.807, 2.05) is 20.8 Å². The predicted octanol–water partition coefficient (Wildman–Crippen LogP) is 4.05. The fraction of sp³-hybridized carbons (Fsp3) is 0.500. The standard InChI is InChI=1S/C14H19BrFNO2/c1-14(2,3)19-13(18)17-8-4-5-10-9-11(16)6-7-12(10)15/h6-7,9H,4-5,8H2,1-3H3,(H,17,18). The monoisotopic (exact) mass is 331 g/mol. The van der Waals surface area contributed by atoms with Gasteiger partial charge in [-0.05, 0) is 57.4 Å². The summed E-state index contributed by atoms with van der Waals surface area (Å²) in [6, 6.07) is 4.59. The molecule has 106 valence electrons. The number of nitrogens with one attached hydrogen (secondary N) is 1. The zero-order valence-corrected chi connectivity index (χ0v) is 13.0. The Bertz CT molecular complexity index is 444. The second-order valence-corrected chi connectivity index (χ2v) is 6.12. The van der Waals surface area contributed by atoms with E-state index in [4.69, 9.17) is 4.74 Å². The van der Waals surface area contributed by atoms with Gasteiger partial charge in [0, 0.05) is 11.0 Å². The maximum Gasteiger partial charge on any atom is 0.407 e. The Morgan fingerprint density at radius 2 is 2.11 bits per heavy atom. The number of carbonyl (C=O) groups is 1. The van der Waals surface area contributed by atoms with Gasteiger partial charge in [0.25, 0.3) is 0 Å². The molecule has 0 radical (unpaired) electrons. The second kappa shape index (κ2) is 6.89. The molecule has 0 spiro atoms. The number of alkyl carbamates (subject to hydrolysis) is 1. The van der Waals surface area contributed by atoms with Gasteiger partial charge in [0.2, 0.25) is 0 Å². The predicted molar refractivity (Wildman–Crippen MR) is 76.7 cm³/mol. The molecule has 0 saturated carbocycles. The first-order valence-electron chi connectivity index (χ1n) is 6.19. The van der Waals surface area contributed by atoms with Gasteiger partial charge in [0.1, 0.15) is 11.4 Å². The first-order valence-corrected chi connectivity index (χ1v) is 6.98. The minimum Gasteiger partial charge on any atom is -0.444 e. The Kier molecular flexibility index (Phi) is 5.79. The summed E-state index contributed by atoms with van der Waals surface area (Å²) in [5.74, 6) is -0.252. The SMILES string of the molecule is CC(C)(C)OC(=O)NCCCc1cc(F)ccc1Br. The fourth-order valence-electron chi connectivity index (χ4n) is 1.52. The molecule has 0 aliphatic heterocycles. The average Bonchev–Trinajstić information content (AvgIpc) is 2.26. The van der Waals surface area contributed by atoms with Crippen molar-refractivity contribution in [1.82, 2.24) is 5.32 Å². The van der Waals surface area contributed by atoms with Gasteiger partial charge in [-0.25, -0.2) is 9.18 Å². The van der Waals surface area contributed by atoms with Crippen molar-refractivity contribution in [3.8, 4) is 0 Å². The largest absolute Gasteiger partial charge is 0.444 e. The van der Waals surface area contributed by atoms with E-state index < -0.39 is 11.7 Å². The number of ether oxygens (including phenoxy) is 1. The normalized spacial score (nSPS) is 11.2. The third kappa shape index (κ3) is 6.57. The summed E-state index contributed by atoms with van der Waals surface area (Å²) in [5, 5.41) is 2.67. The van der Waals surface area contributed by atoms with Gasteiger partial charge in [0.15, 0.2) is 0 Å². The van der Waals surface area contributed by atoms with Crippen molar-refractivity contribution in [2.75, 3.05) is 6.54 Å². The quantitative estimate of drug-likeness (QED) is 0.845. The summed E-state index contributed by atoms with van der Waals surface area (Å²) in [5.41, 5.74) is 0.404. The summed E-state index contributed by atoms with van der Waals surface area (Å²) >= 11 is 3.37. The van der Waals surface area contributed by atoms with Crippen molar-refractivity contribution in [1.29, 1.82) is 0 Å². The number of amides is 1. The van der Waals surface area contributed by atoms with Crippen molar-refractivity contribution in [2.24, 2.45) is 0 Å². The molecule has 19 heavy (non-hydrogen) atoms. The third-order valence-corrected chi connectivity index (χ3v) is 3.07. The molecule has 0 heterocycles. The van der Waals surface area contributed by atoms with E-state index in [2.05, 4.69) is 21.2 Å². The lowest BCUT2D eigenvalue weighted by Gasteiger charge is -2.19. The van der Waals surface area contributed by atoms with Gasteiger partial charge in [-0.15, -0.1) is 0 Å². The van der Waals surface area contributed by atoms with E-state index in [0.717, 1.165) is 16.5 Å². The first kappa shape index (κ1) is 16.0. The van der Waals surface area contributed by atoms with Crippen LogP contribution in [0.4, 0.5) is 9.18 Å². The highest BCUT2D eigenvalue weighted by Gasteiger charge is 2.15. The summed E-state index contributed by atoms with van der Waals surface area (Å²) < 4.78 is 19.1. The van der Waals surface area contributed by atoms with Crippen molar-refractivity contribution in [3.05, 3.63) is 34.1 Å². The zero-order chi connectivity index (χ0) is 14.5. The minimum atomic E-state index is -0.490. The number of halogens is 2. The molecule has 0 aliphatic carbocycles. The molecule has 5 heteroatoms. The Hall–Kier alpha value is -1.10. The van der Waals surface area contributed by atoms with Crippen LogP contribution in [0.3, 0.4) is 0 Å². The molecule has 1 amide bonds. The summed E-state index contributed by atoms with van der Waals surface area (Å²) in [7, 11) is 0. The van der Waals surface area contributed by atoms with Crippen molar-refractivity contribution < 1.29 is 13.9 Å². The molecule has 0 fully saturated rings. The number of hydrogen-bond acceptors (Lipinski definition) is 2. The molecule has 0 unspecified atom stereocenters. The molecule has 1 aromatic rings. The van der Waals surface area contributed by atoms with Crippen molar-refractivity contribution in [2.45, 2.75) is 39.2 Å². The lowest BCUT2D eigenvalue weighted by Crippen LogP contribution is -2.33. The highest BCUT2D eigenvalue weighted by atomic mass is 79.9. The molecule has 0 bridgehead atoms. The summed E-state index contributed by atoms with van der Waals surface area (Å²) in [6.07, 6.45) is 0.987. The fourth-order valence-corrected chi connectivity index (χ4v) is 1.96. The zero-order valence-electron chi connectivity index (χ0n) is 11.4. The van der Waals surface area contributed by atoms with E-state index >= 15 is 0 Å². The molecule has 1 aromatic carbocycles. The Balaban J connectivity index is 2.31. The lowest BCUT2D eigenvalue weighted by molar-refractivity contribution is 0.0527. The third-order valence-electron chi connectivity index (χ3n) is 2.30. The highest BCUT2D eigenvalue weighted by Crippen LogP contribution is 2.19. The topological polar surface area (TPSA) is 38.3 Å². The van der Waals surface area contributed by atoms with Crippen LogP contribution in [0.25, 0.3) is 0 Å². The molecule has 1 rings (SSSR count). The highest BCUT2D eigenvalue weighted by molar-refractivity contribution is 9.10. The van der Waals surface area contributed by atoms with Crippen LogP contribution in [-0.2, 0) is 11.2 Å². The average molecular weight is 332 g/mol. The summed E-state index contributed by atoms with van der Waals surface area (Å²) in [4.78, 5) is 11.4. The number of carbonyl (C=O) groups excluding carboxylic acids is 1. The molecule has 3 nitrogen and oxygen atoms in total. The van der Waals surface area contributed by atoms with Gasteiger partial charge in [-0.3, -0.25) is 0 Å². The van der Waals surface area contributed by atoms with E-state index in [1.165, 1.54) is 12.1 Å². The molecule has 0 atom stereocenters. The van der Waals surface area contributed by atoms with E-state index in [0.29, 0.717) is 13.0 Å². The smallest absolute Gasteiger partial charge is 0.407 e. The Morgan fingerprint density at radius 1 is 1.42 bits per heavy atom. The van der Waals surface area contributed by atoms with Gasteiger partial charge < -0.3 is 10.1 Å². The van der Waals surface area contributed by atoms with Crippen molar-refractivity contribution >= 4 is 22.0 Å². The Morgan fingerprint density at radius 3 is 2.74 bits per heavy atom. The van der Waals surface area contributed by atoms with Gasteiger partial charge in [-0.2, -0.15) is 0 Å². The van der Waals surface area contributed by atoms with Crippen molar-refractivity contribution in [3.63, 3.8) is 0 Å². The van der Waals surface area contributed by atoms with Crippen LogP contribution >= 0.6 is 15.9 Å².